The van der Waals surface area contributed by atoms with Crippen LogP contribution >= 0.6 is 0 Å². The van der Waals surface area contributed by atoms with Crippen LogP contribution < -0.4 is 16.9 Å². The van der Waals surface area contributed by atoms with Crippen molar-refractivity contribution in [2.75, 3.05) is 19.6 Å². The summed E-state index contributed by atoms with van der Waals surface area (Å²) in [6, 6.07) is -0.568. The summed E-state index contributed by atoms with van der Waals surface area (Å²) in [5, 5.41) is 9.51. The van der Waals surface area contributed by atoms with Crippen molar-refractivity contribution >= 4 is 11.9 Å². The first-order valence-corrected chi connectivity index (χ1v) is 11.2. The quantitative estimate of drug-likeness (QED) is 0.104. The van der Waals surface area contributed by atoms with Gasteiger partial charge in [-0.15, -0.1) is 0 Å². The van der Waals surface area contributed by atoms with Crippen LogP contribution in [0.5, 0.6) is 0 Å². The molecule has 1 atom stereocenters. The number of aliphatic imine (C=N–C) groups is 1. The van der Waals surface area contributed by atoms with E-state index in [0.29, 0.717) is 19.4 Å². The molecule has 0 heterocycles. The van der Waals surface area contributed by atoms with Crippen LogP contribution in [0.15, 0.2) is 4.99 Å². The third-order valence-electron chi connectivity index (χ3n) is 4.85. The predicted molar refractivity (Wildman–Crippen MR) is 118 cm³/mol. The summed E-state index contributed by atoms with van der Waals surface area (Å²) in [6.45, 7) is 6.21. The summed E-state index contributed by atoms with van der Waals surface area (Å²) in [6.07, 6.45) is 12.6. The molecular weight excluding hydrogens is 372 g/mol. The molecule has 1 amide bonds. The molecule has 0 spiro atoms. The third-order valence-corrected chi connectivity index (χ3v) is 4.85. The second-order valence-electron chi connectivity index (χ2n) is 7.54. The number of hydrogen-bond donors (Lipinski definition) is 3. The van der Waals surface area contributed by atoms with E-state index in [9.17, 15) is 14.9 Å². The summed E-state index contributed by atoms with van der Waals surface area (Å²) in [5.74, 6) is -0.243. The van der Waals surface area contributed by atoms with Crippen LogP contribution in [-0.4, -0.2) is 47.5 Å². The lowest BCUT2D eigenvalue weighted by Gasteiger charge is -2.26. The molecule has 170 valence electrons. The molecule has 9 nitrogen and oxygen atoms in total. The molecule has 0 saturated carbocycles. The van der Waals surface area contributed by atoms with Crippen LogP contribution in [0, 0.1) is 10.1 Å². The van der Waals surface area contributed by atoms with Gasteiger partial charge in [-0.1, -0.05) is 70.6 Å². The van der Waals surface area contributed by atoms with Crippen LogP contribution in [0.2, 0.25) is 0 Å². The average molecular weight is 415 g/mol. The molecule has 0 unspecified atom stereocenters. The zero-order valence-electron chi connectivity index (χ0n) is 18.4. The minimum Gasteiger partial charge on any atom is -0.365 e. The number of unbranched alkanes of at least 4 members (excludes halogenated alkanes) is 8. The van der Waals surface area contributed by atoms with E-state index in [1.807, 2.05) is 4.90 Å². The van der Waals surface area contributed by atoms with Gasteiger partial charge in [0.05, 0.1) is 6.04 Å². The van der Waals surface area contributed by atoms with Gasteiger partial charge < -0.3 is 16.4 Å². The van der Waals surface area contributed by atoms with Gasteiger partial charge in [0, 0.05) is 19.6 Å². The third kappa shape index (κ3) is 15.7. The van der Waals surface area contributed by atoms with Crippen LogP contribution in [-0.2, 0) is 4.79 Å². The van der Waals surface area contributed by atoms with Crippen molar-refractivity contribution in [2.24, 2.45) is 16.5 Å². The fourth-order valence-corrected chi connectivity index (χ4v) is 3.14. The Labute approximate surface area is 175 Å². The molecule has 29 heavy (non-hydrogen) atoms. The summed E-state index contributed by atoms with van der Waals surface area (Å²) < 4.78 is 0. The second-order valence-corrected chi connectivity index (χ2v) is 7.54. The normalized spacial score (nSPS) is 12.6. The van der Waals surface area contributed by atoms with Gasteiger partial charge in [-0.3, -0.25) is 4.79 Å². The first kappa shape index (κ1) is 27.1. The maximum absolute atomic E-state index is 12.8. The maximum Gasteiger partial charge on any atom is 0.251 e. The van der Waals surface area contributed by atoms with Gasteiger partial charge in [-0.2, -0.15) is 0 Å². The number of hydrazine groups is 1. The van der Waals surface area contributed by atoms with E-state index in [-0.39, 0.29) is 11.9 Å². The Balaban J connectivity index is 4.41. The summed E-state index contributed by atoms with van der Waals surface area (Å²) in [5.41, 5.74) is 13.3. The Bertz CT molecular complexity index is 459. The average Bonchev–Trinajstić information content (AvgIpc) is 2.68. The number of nitrogens with two attached hydrogens (primary N) is 2. The molecule has 0 aromatic carbocycles. The lowest BCUT2D eigenvalue weighted by atomic mass is 10.1. The number of carbonyl (C=O) groups is 1. The van der Waals surface area contributed by atoms with Gasteiger partial charge in [0.1, 0.15) is 0 Å². The molecule has 0 aromatic heterocycles. The van der Waals surface area contributed by atoms with E-state index < -0.39 is 11.1 Å². The van der Waals surface area contributed by atoms with Gasteiger partial charge >= 0.3 is 0 Å². The summed E-state index contributed by atoms with van der Waals surface area (Å²) in [4.78, 5) is 28.8. The fourth-order valence-electron chi connectivity index (χ4n) is 3.14. The van der Waals surface area contributed by atoms with Crippen LogP contribution in [0.3, 0.4) is 0 Å². The number of nitrogens with one attached hydrogen (secondary N) is 1. The molecule has 0 aliphatic rings. The van der Waals surface area contributed by atoms with E-state index in [0.717, 1.165) is 38.8 Å². The van der Waals surface area contributed by atoms with Gasteiger partial charge in [0.25, 0.3) is 5.96 Å². The van der Waals surface area contributed by atoms with Crippen molar-refractivity contribution in [3.63, 3.8) is 0 Å². The highest BCUT2D eigenvalue weighted by Crippen LogP contribution is 2.10. The molecule has 9 heteroatoms. The minimum absolute atomic E-state index is 0.00338. The molecule has 0 bridgehead atoms. The topological polar surface area (TPSA) is 140 Å². The zero-order valence-corrected chi connectivity index (χ0v) is 18.4. The highest BCUT2D eigenvalue weighted by molar-refractivity contribution is 5.81. The number of nitrogens with zero attached hydrogens (tertiary/aromatic N) is 3. The van der Waals surface area contributed by atoms with Crippen LogP contribution in [0.1, 0.15) is 90.9 Å². The van der Waals surface area contributed by atoms with Gasteiger partial charge in [-0.25, -0.2) is 15.1 Å². The monoisotopic (exact) mass is 414 g/mol. The lowest BCUT2D eigenvalue weighted by molar-refractivity contribution is -0.525. The van der Waals surface area contributed by atoms with Crippen molar-refractivity contribution in [2.45, 2.75) is 96.9 Å². The number of hydrogen-bond acceptors (Lipinski definition) is 5. The molecule has 0 aliphatic carbocycles. The molecule has 0 aromatic rings. The molecule has 0 saturated heterocycles. The fraction of sp³-hybridized carbons (Fsp3) is 0.900. The number of amides is 1. The standard InChI is InChI=1S/C20H42N6O3/c1-3-5-7-9-11-16-25(17-12-10-8-6-4-2)19(27)18(21)14-13-15-23-20(22)24-26(28)29/h18H,3-17,21H2,1-2H3,(H3,22,23,24)/t18-/m0/s1. The van der Waals surface area contributed by atoms with Crippen molar-refractivity contribution in [3.05, 3.63) is 10.1 Å². The Morgan fingerprint density at radius 3 is 2.00 bits per heavy atom. The highest BCUT2D eigenvalue weighted by Gasteiger charge is 2.20. The van der Waals surface area contributed by atoms with Crippen molar-refractivity contribution in [1.29, 1.82) is 0 Å². The highest BCUT2D eigenvalue weighted by atomic mass is 16.7. The number of carbonyl (C=O) groups excluding carboxylic acids is 1. The summed E-state index contributed by atoms with van der Waals surface area (Å²) >= 11 is 0. The van der Waals surface area contributed by atoms with Gasteiger partial charge in [-0.05, 0) is 25.7 Å². The molecule has 0 aliphatic heterocycles. The molecule has 0 fully saturated rings. The molecule has 0 radical (unpaired) electrons. The lowest BCUT2D eigenvalue weighted by Crippen LogP contribution is -2.44. The van der Waals surface area contributed by atoms with Crippen molar-refractivity contribution in [3.8, 4) is 0 Å². The first-order valence-electron chi connectivity index (χ1n) is 11.2. The SMILES string of the molecule is CCCCCCCN(CCCCCCC)C(=O)[C@@H](N)CCCN=C(N)N[N+](=O)[O-]. The molecule has 0 rings (SSSR count). The predicted octanol–water partition coefficient (Wildman–Crippen LogP) is 2.96. The second kappa shape index (κ2) is 18.1. The first-order chi connectivity index (χ1) is 13.9. The Morgan fingerprint density at radius 2 is 1.52 bits per heavy atom. The van der Waals surface area contributed by atoms with E-state index in [1.54, 1.807) is 5.43 Å². The maximum atomic E-state index is 12.8. The molecule has 5 N–H and O–H groups in total. The van der Waals surface area contributed by atoms with E-state index in [4.69, 9.17) is 11.5 Å². The van der Waals surface area contributed by atoms with Crippen molar-refractivity contribution < 1.29 is 9.83 Å². The van der Waals surface area contributed by atoms with Gasteiger partial charge in [0.15, 0.2) is 5.03 Å². The largest absolute Gasteiger partial charge is 0.365 e. The number of nitro groups is 1. The Morgan fingerprint density at radius 1 is 1.00 bits per heavy atom. The van der Waals surface area contributed by atoms with E-state index in [2.05, 4.69) is 18.8 Å². The smallest absolute Gasteiger partial charge is 0.251 e. The Kier molecular flexibility index (Phi) is 17.0. The van der Waals surface area contributed by atoms with Gasteiger partial charge in [0.2, 0.25) is 5.91 Å². The minimum atomic E-state index is -0.757. The van der Waals surface area contributed by atoms with Crippen LogP contribution in [0.4, 0.5) is 0 Å². The number of guanidine groups is 1. The molecular formula is C20H42N6O3. The van der Waals surface area contributed by atoms with E-state index in [1.165, 1.54) is 38.5 Å². The zero-order chi connectivity index (χ0) is 21.9. The van der Waals surface area contributed by atoms with Crippen LogP contribution in [0.25, 0.3) is 0 Å². The summed E-state index contributed by atoms with van der Waals surface area (Å²) in [7, 11) is 0. The van der Waals surface area contributed by atoms with Crippen molar-refractivity contribution in [1.82, 2.24) is 10.3 Å². The Hall–Kier alpha value is -1.90. The van der Waals surface area contributed by atoms with E-state index >= 15 is 0 Å². The number of rotatable bonds is 18.